The third-order valence-electron chi connectivity index (χ3n) is 4.93. The molecule has 4 N–H and O–H groups in total. The normalized spacial score (nSPS) is 12.9. The largest absolute Gasteiger partial charge is 1.00 e. The molecule has 0 spiro atoms. The second kappa shape index (κ2) is 22.7. The zero-order valence-corrected chi connectivity index (χ0v) is 25.3. The molecule has 0 aliphatic carbocycles. The smallest absolute Gasteiger partial charge is 0.806 e. The van der Waals surface area contributed by atoms with Gasteiger partial charge in [0.25, 0.3) is 0 Å². The zero-order valence-electron chi connectivity index (χ0n) is 19.5. The van der Waals surface area contributed by atoms with Crippen LogP contribution in [0.5, 0.6) is 0 Å². The Kier molecular flexibility index (Phi) is 26.8. The average Bonchev–Trinajstić information content (AvgIpc) is 2.65. The second-order valence-corrected chi connectivity index (χ2v) is 10.6. The minimum atomic E-state index is -4.92. The van der Waals surface area contributed by atoms with Gasteiger partial charge in [-0.25, -0.2) is 0 Å². The second-order valence-electron chi connectivity index (χ2n) is 7.52. The third kappa shape index (κ3) is 21.8. The molecule has 178 valence electrons. The minimum absolute atomic E-state index is 0. The Morgan fingerprint density at radius 2 is 0.812 bits per heavy atom. The van der Waals surface area contributed by atoms with Gasteiger partial charge >= 0.3 is 66.7 Å². The van der Waals surface area contributed by atoms with Gasteiger partial charge in [0.2, 0.25) is 0 Å². The van der Waals surface area contributed by atoms with Crippen molar-refractivity contribution in [2.24, 2.45) is 10.3 Å². The third-order valence-corrected chi connectivity index (χ3v) is 6.86. The molecule has 0 aliphatic heterocycles. The van der Waals surface area contributed by atoms with E-state index < -0.39 is 26.1 Å². The molecule has 10 nitrogen and oxygen atoms in total. The molecule has 0 aromatic heterocycles. The van der Waals surface area contributed by atoms with Crippen molar-refractivity contribution in [1.82, 2.24) is 0 Å². The number of nitrogens with zero attached hydrogens (tertiary/aromatic N) is 2. The van der Waals surface area contributed by atoms with Crippen molar-refractivity contribution in [3.63, 3.8) is 0 Å². The number of hydrogen-bond acceptors (Lipinski definition) is 8. The predicted octanol–water partition coefficient (Wildman–Crippen LogP) is -2.10. The molecule has 0 atom stereocenters. The Labute approximate surface area is 235 Å². The van der Waals surface area contributed by atoms with Crippen LogP contribution in [0.1, 0.15) is 103 Å². The molecule has 0 aliphatic rings. The van der Waals surface area contributed by atoms with Crippen molar-refractivity contribution in [1.29, 1.82) is 0 Å². The van der Waals surface area contributed by atoms with E-state index in [2.05, 4.69) is 10.3 Å². The van der Waals surface area contributed by atoms with Crippen LogP contribution in [0.3, 0.4) is 0 Å². The monoisotopic (exact) mass is 516 g/mol. The van der Waals surface area contributed by atoms with E-state index in [0.29, 0.717) is 12.8 Å². The van der Waals surface area contributed by atoms with Crippen molar-refractivity contribution >= 4 is 26.1 Å². The first kappa shape index (κ1) is 37.8. The Morgan fingerprint density at radius 3 is 1.03 bits per heavy atom. The fourth-order valence-corrected chi connectivity index (χ4v) is 4.29. The summed E-state index contributed by atoms with van der Waals surface area (Å²) in [5.41, 5.74) is -1.10. The summed E-state index contributed by atoms with van der Waals surface area (Å²) >= 11 is 0. The number of unbranched alkanes of at least 4 members (excludes halogenated alkanes) is 13. The zero-order chi connectivity index (χ0) is 22.9. The van der Waals surface area contributed by atoms with Gasteiger partial charge < -0.3 is 34.6 Å². The van der Waals surface area contributed by atoms with E-state index in [-0.39, 0.29) is 72.0 Å². The fourth-order valence-electron chi connectivity index (χ4n) is 3.18. The molecular formula is C18H36N2Na2O8P2. The van der Waals surface area contributed by atoms with Crippen LogP contribution in [-0.4, -0.2) is 31.1 Å². The molecule has 0 saturated carbocycles. The van der Waals surface area contributed by atoms with E-state index in [0.717, 1.165) is 57.8 Å². The van der Waals surface area contributed by atoms with E-state index in [1.54, 1.807) is 0 Å². The molecule has 0 aromatic rings. The summed E-state index contributed by atoms with van der Waals surface area (Å²) in [5, 5.41) is 22.4. The van der Waals surface area contributed by atoms with Crippen molar-refractivity contribution in [2.75, 3.05) is 0 Å². The van der Waals surface area contributed by atoms with E-state index in [9.17, 15) is 18.9 Å². The Hall–Kier alpha value is 1.24. The van der Waals surface area contributed by atoms with Crippen LogP contribution in [0.15, 0.2) is 10.3 Å². The summed E-state index contributed by atoms with van der Waals surface area (Å²) in [7, 11) is -9.34. The van der Waals surface area contributed by atoms with E-state index >= 15 is 0 Å². The molecule has 0 radical (unpaired) electrons. The minimum Gasteiger partial charge on any atom is -0.806 e. The van der Waals surface area contributed by atoms with Crippen LogP contribution in [0.2, 0.25) is 0 Å². The van der Waals surface area contributed by atoms with Gasteiger partial charge in [-0.05, 0) is 26.9 Å². The summed E-state index contributed by atoms with van der Waals surface area (Å²) in [6.45, 7) is 0. The van der Waals surface area contributed by atoms with E-state index in [4.69, 9.17) is 20.2 Å². The molecule has 14 heteroatoms. The van der Waals surface area contributed by atoms with E-state index in [1.807, 2.05) is 0 Å². The van der Waals surface area contributed by atoms with Crippen LogP contribution >= 0.6 is 15.2 Å². The summed E-state index contributed by atoms with van der Waals surface area (Å²) in [4.78, 5) is 39.4. The van der Waals surface area contributed by atoms with Crippen molar-refractivity contribution in [2.45, 2.75) is 103 Å². The SMILES string of the molecule is O=P([O-])([O-])C(CCCCCCCCCCCCCCCCC(=NO)P(=O)(O)O)=NO.[Na+].[Na+]. The number of hydrogen-bond donors (Lipinski definition) is 4. The molecule has 32 heavy (non-hydrogen) atoms. The summed E-state index contributed by atoms with van der Waals surface area (Å²) < 4.78 is 21.7. The Morgan fingerprint density at radius 1 is 0.562 bits per heavy atom. The van der Waals surface area contributed by atoms with Gasteiger partial charge in [0.15, 0.2) is 5.45 Å². The summed E-state index contributed by atoms with van der Waals surface area (Å²) in [6, 6.07) is 0. The molecule has 0 saturated heterocycles. The maximum absolute atomic E-state index is 11.0. The van der Waals surface area contributed by atoms with Crippen LogP contribution in [0.25, 0.3) is 0 Å². The molecule has 0 aromatic carbocycles. The summed E-state index contributed by atoms with van der Waals surface area (Å²) in [5.74, 6) is 0. The summed E-state index contributed by atoms with van der Waals surface area (Å²) in [6.07, 6.45) is 14.0. The number of rotatable bonds is 19. The topological polar surface area (TPSA) is 186 Å². The van der Waals surface area contributed by atoms with Gasteiger partial charge in [-0.15, -0.1) is 0 Å². The molecule has 0 bridgehead atoms. The standard InChI is InChI=1S/C18H38N2O8P2.2Na/c21-19-17(29(23,24)25)15-13-11-9-7-5-3-1-2-4-6-8-10-12-14-16-18(20-22)30(26,27)28;;/h21-22H,1-16H2,(H2,23,24,25)(H2,26,27,28);;/q;2*+1/p-2. The quantitative estimate of drug-likeness (QED) is 0.0376. The molecule has 0 rings (SSSR count). The van der Waals surface area contributed by atoms with Crippen LogP contribution in [-0.2, 0) is 9.13 Å². The van der Waals surface area contributed by atoms with Gasteiger partial charge in [0, 0.05) is 6.42 Å². The first-order chi connectivity index (χ1) is 14.1. The van der Waals surface area contributed by atoms with Gasteiger partial charge in [-0.3, -0.25) is 4.57 Å². The van der Waals surface area contributed by atoms with Crippen molar-refractivity contribution in [3.05, 3.63) is 0 Å². The van der Waals surface area contributed by atoms with Crippen molar-refractivity contribution < 1.29 is 98.2 Å². The Bertz CT molecular complexity index is 560. The maximum Gasteiger partial charge on any atom is 1.00 e. The van der Waals surface area contributed by atoms with Gasteiger partial charge in [-0.1, -0.05) is 87.4 Å². The molecule has 0 unspecified atom stereocenters. The van der Waals surface area contributed by atoms with Crippen LogP contribution < -0.4 is 68.9 Å². The first-order valence-corrected chi connectivity index (χ1v) is 13.8. The first-order valence-electron chi connectivity index (χ1n) is 10.6. The fraction of sp³-hybridized carbons (Fsp3) is 0.889. The molecule has 0 fully saturated rings. The maximum atomic E-state index is 11.0. The van der Waals surface area contributed by atoms with Gasteiger partial charge in [0.1, 0.15) is 0 Å². The van der Waals surface area contributed by atoms with Crippen LogP contribution in [0.4, 0.5) is 0 Å². The van der Waals surface area contributed by atoms with Gasteiger partial charge in [-0.2, -0.15) is 0 Å². The molecule has 0 heterocycles. The Balaban J connectivity index is -0.00000420. The average molecular weight is 516 g/mol. The van der Waals surface area contributed by atoms with Crippen molar-refractivity contribution in [3.8, 4) is 0 Å². The molecule has 0 amide bonds. The van der Waals surface area contributed by atoms with Gasteiger partial charge in [0.05, 0.1) is 5.45 Å². The molecular weight excluding hydrogens is 480 g/mol. The predicted molar refractivity (Wildman–Crippen MR) is 112 cm³/mol. The van der Waals surface area contributed by atoms with E-state index in [1.165, 1.54) is 19.3 Å². The number of oxime groups is 2. The van der Waals surface area contributed by atoms with Crippen LogP contribution in [0, 0.1) is 0 Å².